The Balaban J connectivity index is 1.26. The van der Waals surface area contributed by atoms with Crippen molar-refractivity contribution in [1.82, 2.24) is 15.5 Å². The summed E-state index contributed by atoms with van der Waals surface area (Å²) in [5, 5.41) is 15.4. The number of carbonyl (C=O) groups excluding carboxylic acids is 2. The molecule has 30 heavy (non-hydrogen) atoms. The molecule has 2 N–H and O–H groups in total. The largest absolute Gasteiger partial charge is 0.357 e. The van der Waals surface area contributed by atoms with Gasteiger partial charge in [0.25, 0.3) is 0 Å². The summed E-state index contributed by atoms with van der Waals surface area (Å²) >= 11 is 0. The molecule has 7 nitrogen and oxygen atoms in total. The van der Waals surface area contributed by atoms with Crippen molar-refractivity contribution in [2.24, 2.45) is 28.7 Å². The third-order valence-electron chi connectivity index (χ3n) is 6.26. The Bertz CT molecular complexity index is 885. The highest BCUT2D eigenvalue weighted by Crippen LogP contribution is 2.52. The van der Waals surface area contributed by atoms with Crippen LogP contribution in [0.1, 0.15) is 30.9 Å². The molecule has 3 aliphatic rings. The third-order valence-corrected chi connectivity index (χ3v) is 6.26. The highest BCUT2D eigenvalue weighted by atomic mass is 16.2. The summed E-state index contributed by atoms with van der Waals surface area (Å²) < 4.78 is 0. The first kappa shape index (κ1) is 20.1. The van der Waals surface area contributed by atoms with Crippen molar-refractivity contribution in [3.63, 3.8) is 0 Å². The predicted octanol–water partition coefficient (Wildman–Crippen LogP) is 1.81. The highest BCUT2D eigenvalue weighted by Gasteiger charge is 2.58. The first-order chi connectivity index (χ1) is 14.6. The van der Waals surface area contributed by atoms with E-state index >= 15 is 0 Å². The number of guanidine groups is 1. The van der Waals surface area contributed by atoms with Gasteiger partial charge in [-0.3, -0.25) is 14.5 Å². The Labute approximate surface area is 176 Å². The molecule has 4 rings (SSSR count). The smallest absolute Gasteiger partial charge is 0.233 e. The molecular weight excluding hydrogens is 378 g/mol. The number of hydrogen-bond donors (Lipinski definition) is 2. The summed E-state index contributed by atoms with van der Waals surface area (Å²) in [6.45, 7) is 4.31. The van der Waals surface area contributed by atoms with E-state index in [1.54, 1.807) is 12.1 Å². The van der Waals surface area contributed by atoms with Crippen LogP contribution in [-0.4, -0.2) is 42.3 Å². The van der Waals surface area contributed by atoms with Gasteiger partial charge in [-0.1, -0.05) is 24.3 Å². The minimum Gasteiger partial charge on any atom is -0.357 e. The fourth-order valence-corrected chi connectivity index (χ4v) is 4.83. The minimum atomic E-state index is -0.119. The van der Waals surface area contributed by atoms with Crippen LogP contribution in [0.3, 0.4) is 0 Å². The van der Waals surface area contributed by atoms with E-state index in [9.17, 15) is 9.59 Å². The number of nitriles is 1. The molecule has 1 saturated carbocycles. The van der Waals surface area contributed by atoms with Gasteiger partial charge in [0.15, 0.2) is 5.96 Å². The van der Waals surface area contributed by atoms with Crippen molar-refractivity contribution in [2.45, 2.75) is 26.3 Å². The summed E-state index contributed by atoms with van der Waals surface area (Å²) in [6, 6.07) is 9.47. The lowest BCUT2D eigenvalue weighted by molar-refractivity contribution is -0.140. The standard InChI is InChI=1S/C23H27N5O2/c1-2-25-23(27-14-16-6-4-15(13-24)5-7-16)26-10-3-11-28-21(29)19-17-8-9-18(12-17)20(19)22(28)30/h4-9,17-20H,2-3,10-12,14H2,1H3,(H2,25,26,27). The van der Waals surface area contributed by atoms with Crippen molar-refractivity contribution in [2.75, 3.05) is 19.6 Å². The number of fused-ring (bicyclic) bond motifs is 5. The Hall–Kier alpha value is -3.14. The molecule has 4 unspecified atom stereocenters. The second-order valence-corrected chi connectivity index (χ2v) is 8.11. The number of likely N-dealkylation sites (tertiary alicyclic amines) is 1. The number of benzene rings is 1. The van der Waals surface area contributed by atoms with E-state index in [4.69, 9.17) is 5.26 Å². The van der Waals surface area contributed by atoms with Crippen molar-refractivity contribution in [3.8, 4) is 6.07 Å². The Morgan fingerprint density at radius 2 is 1.80 bits per heavy atom. The average molecular weight is 406 g/mol. The molecule has 2 aliphatic carbocycles. The number of nitrogens with one attached hydrogen (secondary N) is 2. The first-order valence-corrected chi connectivity index (χ1v) is 10.7. The van der Waals surface area contributed by atoms with E-state index in [0.717, 1.165) is 18.5 Å². The van der Waals surface area contributed by atoms with Crippen LogP contribution < -0.4 is 10.6 Å². The Morgan fingerprint density at radius 3 is 2.40 bits per heavy atom. The van der Waals surface area contributed by atoms with Crippen molar-refractivity contribution in [3.05, 3.63) is 47.5 Å². The zero-order valence-corrected chi connectivity index (χ0v) is 17.2. The van der Waals surface area contributed by atoms with Gasteiger partial charge in [-0.15, -0.1) is 0 Å². The molecule has 2 amide bonds. The maximum Gasteiger partial charge on any atom is 0.233 e. The van der Waals surface area contributed by atoms with Crippen LogP contribution in [-0.2, 0) is 16.1 Å². The number of carbonyl (C=O) groups is 2. The lowest BCUT2D eigenvalue weighted by atomic mass is 9.85. The number of amides is 2. The SMILES string of the molecule is CCNC(=NCc1ccc(C#N)cc1)NCCCN1C(=O)C2C3C=CC(C3)C2C1=O. The van der Waals surface area contributed by atoms with E-state index in [2.05, 4.69) is 33.8 Å². The van der Waals surface area contributed by atoms with E-state index in [1.807, 2.05) is 19.1 Å². The second kappa shape index (κ2) is 8.70. The molecule has 1 heterocycles. The van der Waals surface area contributed by atoms with Gasteiger partial charge in [-0.05, 0) is 49.3 Å². The number of rotatable bonds is 7. The van der Waals surface area contributed by atoms with Gasteiger partial charge in [0.05, 0.1) is 30.0 Å². The molecule has 2 bridgehead atoms. The van der Waals surface area contributed by atoms with E-state index in [-0.39, 0.29) is 35.5 Å². The molecule has 1 aromatic rings. The summed E-state index contributed by atoms with van der Waals surface area (Å²) in [4.78, 5) is 31.5. The molecule has 0 radical (unpaired) electrons. The molecular formula is C23H27N5O2. The number of nitrogens with zero attached hydrogens (tertiary/aromatic N) is 3. The van der Waals surface area contributed by atoms with Gasteiger partial charge in [0, 0.05) is 19.6 Å². The molecule has 1 saturated heterocycles. The lowest BCUT2D eigenvalue weighted by Gasteiger charge is -2.18. The highest BCUT2D eigenvalue weighted by molar-refractivity contribution is 6.06. The number of imide groups is 1. The van der Waals surface area contributed by atoms with Gasteiger partial charge in [0.1, 0.15) is 0 Å². The quantitative estimate of drug-likeness (QED) is 0.237. The molecule has 4 atom stereocenters. The average Bonchev–Trinajstić information content (AvgIpc) is 3.44. The fourth-order valence-electron chi connectivity index (χ4n) is 4.83. The maximum absolute atomic E-state index is 12.7. The molecule has 1 aliphatic heterocycles. The first-order valence-electron chi connectivity index (χ1n) is 10.7. The van der Waals surface area contributed by atoms with E-state index < -0.39 is 0 Å². The zero-order chi connectivity index (χ0) is 21.1. The Kier molecular flexibility index (Phi) is 5.84. The molecule has 0 aromatic heterocycles. The van der Waals surface area contributed by atoms with Gasteiger partial charge in [-0.2, -0.15) is 5.26 Å². The summed E-state index contributed by atoms with van der Waals surface area (Å²) in [7, 11) is 0. The zero-order valence-electron chi connectivity index (χ0n) is 17.2. The van der Waals surface area contributed by atoms with Crippen LogP contribution in [0.5, 0.6) is 0 Å². The number of aliphatic imine (C=N–C) groups is 1. The number of hydrogen-bond acceptors (Lipinski definition) is 4. The van der Waals surface area contributed by atoms with Crippen LogP contribution in [0.15, 0.2) is 41.4 Å². The van der Waals surface area contributed by atoms with Crippen molar-refractivity contribution < 1.29 is 9.59 Å². The fraction of sp³-hybridized carbons (Fsp3) is 0.478. The van der Waals surface area contributed by atoms with Gasteiger partial charge >= 0.3 is 0 Å². The van der Waals surface area contributed by atoms with Gasteiger partial charge in [-0.25, -0.2) is 4.99 Å². The normalized spacial score (nSPS) is 26.8. The summed E-state index contributed by atoms with van der Waals surface area (Å²) in [6.07, 6.45) is 5.88. The van der Waals surface area contributed by atoms with E-state index in [0.29, 0.717) is 37.6 Å². The monoisotopic (exact) mass is 405 g/mol. The Morgan fingerprint density at radius 1 is 1.13 bits per heavy atom. The third kappa shape index (κ3) is 3.82. The molecule has 0 spiro atoms. The van der Waals surface area contributed by atoms with Crippen LogP contribution in [0.2, 0.25) is 0 Å². The van der Waals surface area contributed by atoms with Crippen LogP contribution >= 0.6 is 0 Å². The summed E-state index contributed by atoms with van der Waals surface area (Å²) in [5.74, 6) is 1.01. The maximum atomic E-state index is 12.7. The van der Waals surface area contributed by atoms with Gasteiger partial charge < -0.3 is 10.6 Å². The van der Waals surface area contributed by atoms with Crippen molar-refractivity contribution >= 4 is 17.8 Å². The molecule has 2 fully saturated rings. The summed E-state index contributed by atoms with van der Waals surface area (Å²) in [5.41, 5.74) is 1.65. The minimum absolute atomic E-state index is 0.0169. The van der Waals surface area contributed by atoms with E-state index in [1.165, 1.54) is 4.90 Å². The topological polar surface area (TPSA) is 97.6 Å². The van der Waals surface area contributed by atoms with Crippen LogP contribution in [0, 0.1) is 35.0 Å². The van der Waals surface area contributed by atoms with Crippen LogP contribution in [0.25, 0.3) is 0 Å². The molecule has 156 valence electrons. The predicted molar refractivity (Wildman–Crippen MR) is 113 cm³/mol. The van der Waals surface area contributed by atoms with Gasteiger partial charge in [0.2, 0.25) is 11.8 Å². The molecule has 1 aromatic carbocycles. The second-order valence-electron chi connectivity index (χ2n) is 8.11. The lowest BCUT2D eigenvalue weighted by Crippen LogP contribution is -2.40. The molecule has 7 heteroatoms. The van der Waals surface area contributed by atoms with Crippen molar-refractivity contribution in [1.29, 1.82) is 5.26 Å². The number of allylic oxidation sites excluding steroid dienone is 2. The van der Waals surface area contributed by atoms with Crippen LogP contribution in [0.4, 0.5) is 0 Å².